The van der Waals surface area contributed by atoms with Crippen molar-refractivity contribution in [3.05, 3.63) is 0 Å². The van der Waals surface area contributed by atoms with E-state index >= 15 is 0 Å². The fourth-order valence-corrected chi connectivity index (χ4v) is 2.62. The molecule has 0 atom stereocenters. The van der Waals surface area contributed by atoms with Gasteiger partial charge >= 0.3 is 5.97 Å². The van der Waals surface area contributed by atoms with Crippen molar-refractivity contribution in [3.8, 4) is 0 Å². The lowest BCUT2D eigenvalue weighted by Gasteiger charge is -2.15. The molecule has 0 unspecified atom stereocenters. The SMILES string of the molecule is CCCCCCCCCCCCCC(=O)N(C)CC(=O)OCC. The average Bonchev–Trinajstić information content (AvgIpc) is 2.52. The summed E-state index contributed by atoms with van der Waals surface area (Å²) in [7, 11) is 1.66. The fraction of sp³-hybridized carbons (Fsp3) is 0.895. The van der Waals surface area contributed by atoms with Crippen molar-refractivity contribution in [2.75, 3.05) is 20.2 Å². The molecule has 0 saturated carbocycles. The maximum atomic E-state index is 11.9. The third-order valence-corrected chi connectivity index (χ3v) is 4.09. The molecule has 0 heterocycles. The van der Waals surface area contributed by atoms with E-state index in [4.69, 9.17) is 4.74 Å². The van der Waals surface area contributed by atoms with Crippen LogP contribution in [0.3, 0.4) is 0 Å². The van der Waals surface area contributed by atoms with Crippen molar-refractivity contribution in [1.82, 2.24) is 4.90 Å². The molecule has 136 valence electrons. The molecule has 0 aliphatic rings. The third kappa shape index (κ3) is 14.3. The van der Waals surface area contributed by atoms with E-state index in [2.05, 4.69) is 6.92 Å². The number of ether oxygens (including phenoxy) is 1. The van der Waals surface area contributed by atoms with Crippen LogP contribution >= 0.6 is 0 Å². The Hall–Kier alpha value is -1.06. The van der Waals surface area contributed by atoms with Gasteiger partial charge in [0.1, 0.15) is 6.54 Å². The number of hydrogen-bond acceptors (Lipinski definition) is 3. The molecule has 0 spiro atoms. The first-order valence-electron chi connectivity index (χ1n) is 9.51. The normalized spacial score (nSPS) is 10.6. The summed E-state index contributed by atoms with van der Waals surface area (Å²) in [6.07, 6.45) is 14.6. The third-order valence-electron chi connectivity index (χ3n) is 4.09. The Bertz CT molecular complexity index is 305. The molecule has 0 N–H and O–H groups in total. The Morgan fingerprint density at radius 1 is 0.783 bits per heavy atom. The van der Waals surface area contributed by atoms with Crippen molar-refractivity contribution in [3.63, 3.8) is 0 Å². The number of carbonyl (C=O) groups excluding carboxylic acids is 2. The molecule has 0 radical (unpaired) electrons. The van der Waals surface area contributed by atoms with Crippen molar-refractivity contribution in [1.29, 1.82) is 0 Å². The molecule has 1 amide bonds. The minimum absolute atomic E-state index is 0.0361. The monoisotopic (exact) mass is 327 g/mol. The number of hydrogen-bond donors (Lipinski definition) is 0. The molecule has 0 aliphatic heterocycles. The average molecular weight is 328 g/mol. The van der Waals surface area contributed by atoms with Gasteiger partial charge in [-0.3, -0.25) is 9.59 Å². The lowest BCUT2D eigenvalue weighted by atomic mass is 10.1. The minimum Gasteiger partial charge on any atom is -0.465 e. The van der Waals surface area contributed by atoms with Crippen LogP contribution in [-0.4, -0.2) is 37.0 Å². The molecule has 0 aromatic carbocycles. The van der Waals surface area contributed by atoms with Gasteiger partial charge in [-0.2, -0.15) is 0 Å². The molecule has 4 heteroatoms. The van der Waals surface area contributed by atoms with Gasteiger partial charge in [0.15, 0.2) is 0 Å². The Morgan fingerprint density at radius 3 is 1.74 bits per heavy atom. The summed E-state index contributed by atoms with van der Waals surface area (Å²) < 4.78 is 4.84. The molecule has 0 saturated heterocycles. The van der Waals surface area contributed by atoms with Crippen molar-refractivity contribution in [2.24, 2.45) is 0 Å². The van der Waals surface area contributed by atoms with Crippen molar-refractivity contribution in [2.45, 2.75) is 90.9 Å². The maximum absolute atomic E-state index is 11.9. The van der Waals surface area contributed by atoms with Crippen LogP contribution < -0.4 is 0 Å². The van der Waals surface area contributed by atoms with Crippen LogP contribution in [-0.2, 0) is 14.3 Å². The van der Waals surface area contributed by atoms with Gasteiger partial charge in [-0.1, -0.05) is 71.1 Å². The number of carbonyl (C=O) groups is 2. The molecule has 0 rings (SSSR count). The first kappa shape index (κ1) is 21.9. The zero-order valence-corrected chi connectivity index (χ0v) is 15.6. The summed E-state index contributed by atoms with van der Waals surface area (Å²) in [5.41, 5.74) is 0. The van der Waals surface area contributed by atoms with E-state index in [-0.39, 0.29) is 18.4 Å². The molecule has 0 aromatic heterocycles. The van der Waals surface area contributed by atoms with Crippen molar-refractivity contribution < 1.29 is 14.3 Å². The molecule has 4 nitrogen and oxygen atoms in total. The molecule has 0 fully saturated rings. The molecular formula is C19H37NO3. The second-order valence-corrected chi connectivity index (χ2v) is 6.34. The molecule has 0 aliphatic carbocycles. The van der Waals surface area contributed by atoms with E-state index < -0.39 is 0 Å². The Balaban J connectivity index is 3.40. The van der Waals surface area contributed by atoms with Gasteiger partial charge in [-0.05, 0) is 13.3 Å². The number of unbranched alkanes of at least 4 members (excludes halogenated alkanes) is 10. The summed E-state index contributed by atoms with van der Waals surface area (Å²) in [6, 6.07) is 0. The second kappa shape index (κ2) is 15.8. The van der Waals surface area contributed by atoms with Gasteiger partial charge in [-0.25, -0.2) is 0 Å². The first-order chi connectivity index (χ1) is 11.1. The summed E-state index contributed by atoms with van der Waals surface area (Å²) >= 11 is 0. The lowest BCUT2D eigenvalue weighted by molar-refractivity contribution is -0.148. The van der Waals surface area contributed by atoms with Crippen LogP contribution in [0.25, 0.3) is 0 Å². The zero-order chi connectivity index (χ0) is 17.3. The quantitative estimate of drug-likeness (QED) is 0.323. The maximum Gasteiger partial charge on any atom is 0.325 e. The van der Waals surface area contributed by atoms with E-state index in [1.165, 1.54) is 62.7 Å². The molecule has 0 bridgehead atoms. The van der Waals surface area contributed by atoms with E-state index in [1.807, 2.05) is 0 Å². The number of likely N-dealkylation sites (N-methyl/N-ethyl adjacent to an activating group) is 1. The summed E-state index contributed by atoms with van der Waals surface area (Å²) in [5.74, 6) is -0.295. The van der Waals surface area contributed by atoms with Crippen LogP contribution in [0.15, 0.2) is 0 Å². The van der Waals surface area contributed by atoms with E-state index in [9.17, 15) is 9.59 Å². The van der Waals surface area contributed by atoms with Crippen molar-refractivity contribution >= 4 is 11.9 Å². The number of rotatable bonds is 15. The highest BCUT2D eigenvalue weighted by Crippen LogP contribution is 2.12. The van der Waals surface area contributed by atoms with Crippen LogP contribution in [0.1, 0.15) is 90.9 Å². The van der Waals surface area contributed by atoms with E-state index in [0.29, 0.717) is 13.0 Å². The van der Waals surface area contributed by atoms with Gasteiger partial charge in [0.05, 0.1) is 6.61 Å². The summed E-state index contributed by atoms with van der Waals surface area (Å²) in [4.78, 5) is 24.6. The summed E-state index contributed by atoms with van der Waals surface area (Å²) in [6.45, 7) is 4.44. The lowest BCUT2D eigenvalue weighted by Crippen LogP contribution is -2.32. The van der Waals surface area contributed by atoms with Crippen LogP contribution in [0.5, 0.6) is 0 Å². The van der Waals surface area contributed by atoms with Crippen LogP contribution in [0.2, 0.25) is 0 Å². The second-order valence-electron chi connectivity index (χ2n) is 6.34. The Labute approximate surface area is 143 Å². The highest BCUT2D eigenvalue weighted by atomic mass is 16.5. The Kier molecular flexibility index (Phi) is 15.1. The van der Waals surface area contributed by atoms with E-state index in [1.54, 1.807) is 14.0 Å². The van der Waals surface area contributed by atoms with Gasteiger partial charge in [-0.15, -0.1) is 0 Å². The number of amides is 1. The minimum atomic E-state index is -0.331. The molecule has 23 heavy (non-hydrogen) atoms. The van der Waals surface area contributed by atoms with Gasteiger partial charge in [0.2, 0.25) is 5.91 Å². The smallest absolute Gasteiger partial charge is 0.325 e. The number of nitrogens with zero attached hydrogens (tertiary/aromatic N) is 1. The molecule has 0 aromatic rings. The molecular weight excluding hydrogens is 290 g/mol. The highest BCUT2D eigenvalue weighted by molar-refractivity contribution is 5.81. The Morgan fingerprint density at radius 2 is 1.26 bits per heavy atom. The number of esters is 1. The first-order valence-corrected chi connectivity index (χ1v) is 9.51. The van der Waals surface area contributed by atoms with Crippen LogP contribution in [0, 0.1) is 0 Å². The fourth-order valence-electron chi connectivity index (χ4n) is 2.62. The highest BCUT2D eigenvalue weighted by Gasteiger charge is 2.12. The van der Waals surface area contributed by atoms with Gasteiger partial charge in [0, 0.05) is 13.5 Å². The van der Waals surface area contributed by atoms with Crippen LogP contribution in [0.4, 0.5) is 0 Å². The van der Waals surface area contributed by atoms with E-state index in [0.717, 1.165) is 12.8 Å². The largest absolute Gasteiger partial charge is 0.465 e. The summed E-state index contributed by atoms with van der Waals surface area (Å²) in [5, 5.41) is 0. The zero-order valence-electron chi connectivity index (χ0n) is 15.6. The van der Waals surface area contributed by atoms with Gasteiger partial charge < -0.3 is 9.64 Å². The topological polar surface area (TPSA) is 46.6 Å². The predicted octanol–water partition coefficient (Wildman–Crippen LogP) is 4.71. The standard InChI is InChI=1S/C19H37NO3/c1-4-6-7-8-9-10-11-12-13-14-15-16-18(21)20(3)17-19(22)23-5-2/h4-17H2,1-3H3. The predicted molar refractivity (Wildman–Crippen MR) is 95.3 cm³/mol. The van der Waals surface area contributed by atoms with Gasteiger partial charge in [0.25, 0.3) is 0 Å².